The molecule has 0 saturated heterocycles. The standard InChI is InChI=1S/C27H25FN2O2/c1-17-6-3-4-7-20(17)21-8-5-9-23-22(10-11-24(32-2)27(23)28)26(21)18-12-13-30-15-19(16-31)29-25(30)14-18/h3-4,6-7,10-15,31H,5,8-9,16H2,1-2H3. The highest BCUT2D eigenvalue weighted by Crippen LogP contribution is 2.42. The van der Waals surface area contributed by atoms with E-state index in [4.69, 9.17) is 4.74 Å². The van der Waals surface area contributed by atoms with Crippen LogP contribution in [-0.2, 0) is 13.0 Å². The molecule has 4 nitrogen and oxygen atoms in total. The summed E-state index contributed by atoms with van der Waals surface area (Å²) in [5.74, 6) is -0.00303. The molecule has 0 atom stereocenters. The number of halogens is 1. The van der Waals surface area contributed by atoms with Crippen LogP contribution in [0.1, 0.15) is 46.4 Å². The topological polar surface area (TPSA) is 46.8 Å². The van der Waals surface area contributed by atoms with Crippen LogP contribution in [0.25, 0.3) is 16.8 Å². The molecule has 0 aliphatic heterocycles. The molecule has 4 aromatic rings. The van der Waals surface area contributed by atoms with E-state index in [0.717, 1.165) is 35.2 Å². The van der Waals surface area contributed by atoms with E-state index in [2.05, 4.69) is 30.1 Å². The molecule has 0 unspecified atom stereocenters. The Hall–Kier alpha value is -3.44. The van der Waals surface area contributed by atoms with Crippen molar-refractivity contribution < 1.29 is 14.2 Å². The molecule has 5 rings (SSSR count). The summed E-state index contributed by atoms with van der Waals surface area (Å²) < 4.78 is 22.5. The van der Waals surface area contributed by atoms with E-state index in [1.165, 1.54) is 23.8 Å². The molecule has 0 radical (unpaired) electrons. The second kappa shape index (κ2) is 8.24. The third-order valence-electron chi connectivity index (χ3n) is 6.28. The Morgan fingerprint density at radius 2 is 1.94 bits per heavy atom. The van der Waals surface area contributed by atoms with Crippen LogP contribution in [0.4, 0.5) is 4.39 Å². The van der Waals surface area contributed by atoms with Gasteiger partial charge in [-0.15, -0.1) is 0 Å². The van der Waals surface area contributed by atoms with E-state index in [1.54, 1.807) is 6.07 Å². The lowest BCUT2D eigenvalue weighted by molar-refractivity contribution is 0.277. The molecule has 2 aromatic carbocycles. The predicted molar refractivity (Wildman–Crippen MR) is 124 cm³/mol. The van der Waals surface area contributed by atoms with Gasteiger partial charge in [0.1, 0.15) is 5.65 Å². The summed E-state index contributed by atoms with van der Waals surface area (Å²) in [6, 6.07) is 16.1. The van der Waals surface area contributed by atoms with Gasteiger partial charge in [0.15, 0.2) is 11.6 Å². The van der Waals surface area contributed by atoms with Gasteiger partial charge in [-0.3, -0.25) is 0 Å². The molecule has 0 bridgehead atoms. The summed E-state index contributed by atoms with van der Waals surface area (Å²) in [4.78, 5) is 4.52. The third kappa shape index (κ3) is 3.39. The number of ether oxygens (including phenoxy) is 1. The third-order valence-corrected chi connectivity index (χ3v) is 6.28. The number of aryl methyl sites for hydroxylation is 1. The number of aromatic nitrogens is 2. The Balaban J connectivity index is 1.83. The van der Waals surface area contributed by atoms with Crippen molar-refractivity contribution in [2.75, 3.05) is 7.11 Å². The summed E-state index contributed by atoms with van der Waals surface area (Å²) in [5.41, 5.74) is 8.58. The molecular formula is C27H25FN2O2. The molecule has 2 heterocycles. The first kappa shape index (κ1) is 20.5. The summed E-state index contributed by atoms with van der Waals surface area (Å²) in [7, 11) is 1.50. The van der Waals surface area contributed by atoms with Crippen LogP contribution < -0.4 is 4.74 Å². The maximum atomic E-state index is 15.3. The fraction of sp³-hybridized carbons (Fsp3) is 0.222. The molecule has 1 N–H and O–H groups in total. The molecule has 2 aromatic heterocycles. The van der Waals surface area contributed by atoms with Gasteiger partial charge in [-0.2, -0.15) is 0 Å². The Morgan fingerprint density at radius 3 is 2.72 bits per heavy atom. The van der Waals surface area contributed by atoms with Gasteiger partial charge in [-0.25, -0.2) is 9.37 Å². The first-order chi connectivity index (χ1) is 15.6. The van der Waals surface area contributed by atoms with Crippen molar-refractivity contribution >= 4 is 16.8 Å². The van der Waals surface area contributed by atoms with E-state index in [9.17, 15) is 5.11 Å². The molecule has 1 aliphatic carbocycles. The normalized spacial score (nSPS) is 13.9. The SMILES string of the molecule is COc1ccc2c(c1F)CCCC(c1ccccc1C)=C2c1ccn2cc(CO)nc2c1. The van der Waals surface area contributed by atoms with Gasteiger partial charge in [0, 0.05) is 12.4 Å². The number of fused-ring (bicyclic) bond motifs is 2. The summed E-state index contributed by atoms with van der Waals surface area (Å²) in [6.07, 6.45) is 6.12. The second-order valence-electron chi connectivity index (χ2n) is 8.20. The first-order valence-electron chi connectivity index (χ1n) is 10.8. The van der Waals surface area contributed by atoms with E-state index in [-0.39, 0.29) is 18.2 Å². The van der Waals surface area contributed by atoms with Crippen molar-refractivity contribution in [1.29, 1.82) is 0 Å². The van der Waals surface area contributed by atoms with Crippen LogP contribution in [0.3, 0.4) is 0 Å². The van der Waals surface area contributed by atoms with Crippen molar-refractivity contribution in [2.24, 2.45) is 0 Å². The largest absolute Gasteiger partial charge is 0.494 e. The highest BCUT2D eigenvalue weighted by Gasteiger charge is 2.25. The maximum Gasteiger partial charge on any atom is 0.168 e. The van der Waals surface area contributed by atoms with E-state index < -0.39 is 0 Å². The van der Waals surface area contributed by atoms with E-state index in [1.807, 2.05) is 41.1 Å². The van der Waals surface area contributed by atoms with Crippen molar-refractivity contribution in [3.8, 4) is 5.75 Å². The Kier molecular flexibility index (Phi) is 5.27. The summed E-state index contributed by atoms with van der Waals surface area (Å²) in [5, 5.41) is 9.49. The molecular weight excluding hydrogens is 403 g/mol. The predicted octanol–water partition coefficient (Wildman–Crippen LogP) is 5.58. The van der Waals surface area contributed by atoms with Crippen LogP contribution in [0.5, 0.6) is 5.75 Å². The zero-order valence-corrected chi connectivity index (χ0v) is 18.2. The Morgan fingerprint density at radius 1 is 1.09 bits per heavy atom. The van der Waals surface area contributed by atoms with Crippen LogP contribution in [0, 0.1) is 12.7 Å². The van der Waals surface area contributed by atoms with Crippen LogP contribution in [0.2, 0.25) is 0 Å². The molecule has 0 spiro atoms. The number of imidazole rings is 1. The van der Waals surface area contributed by atoms with Crippen molar-refractivity contribution in [1.82, 2.24) is 9.38 Å². The number of allylic oxidation sites excluding steroid dienone is 1. The number of hydrogen-bond acceptors (Lipinski definition) is 3. The number of pyridine rings is 1. The zero-order valence-electron chi connectivity index (χ0n) is 18.2. The van der Waals surface area contributed by atoms with E-state index >= 15 is 4.39 Å². The lowest BCUT2D eigenvalue weighted by atomic mass is 9.86. The molecule has 0 fully saturated rings. The van der Waals surface area contributed by atoms with Crippen molar-refractivity contribution in [3.05, 3.63) is 100 Å². The fourth-order valence-corrected chi connectivity index (χ4v) is 4.74. The molecule has 1 aliphatic rings. The average molecular weight is 429 g/mol. The number of methoxy groups -OCH3 is 1. The van der Waals surface area contributed by atoms with Gasteiger partial charge in [0.05, 0.1) is 19.4 Å². The van der Waals surface area contributed by atoms with Crippen LogP contribution >= 0.6 is 0 Å². The summed E-state index contributed by atoms with van der Waals surface area (Å²) in [6.45, 7) is 2.01. The minimum atomic E-state index is -0.280. The lowest BCUT2D eigenvalue weighted by Gasteiger charge is -2.19. The number of benzene rings is 2. The summed E-state index contributed by atoms with van der Waals surface area (Å²) >= 11 is 0. The van der Waals surface area contributed by atoms with Crippen LogP contribution in [-0.4, -0.2) is 21.6 Å². The smallest absolute Gasteiger partial charge is 0.168 e. The van der Waals surface area contributed by atoms with Gasteiger partial charge in [-0.05, 0) is 83.3 Å². The zero-order chi connectivity index (χ0) is 22.2. The Bertz CT molecular complexity index is 1350. The Labute approximate surface area is 186 Å². The highest BCUT2D eigenvalue weighted by atomic mass is 19.1. The quantitative estimate of drug-likeness (QED) is 0.462. The number of hydrogen-bond donors (Lipinski definition) is 1. The molecule has 5 heteroatoms. The lowest BCUT2D eigenvalue weighted by Crippen LogP contribution is -2.02. The minimum absolute atomic E-state index is 0.109. The molecule has 162 valence electrons. The van der Waals surface area contributed by atoms with Crippen molar-refractivity contribution in [3.63, 3.8) is 0 Å². The second-order valence-corrected chi connectivity index (χ2v) is 8.20. The molecule has 0 saturated carbocycles. The van der Waals surface area contributed by atoms with Crippen molar-refractivity contribution in [2.45, 2.75) is 32.8 Å². The maximum absolute atomic E-state index is 15.3. The van der Waals surface area contributed by atoms with Crippen LogP contribution in [0.15, 0.2) is 60.9 Å². The first-order valence-corrected chi connectivity index (χ1v) is 10.8. The molecule has 32 heavy (non-hydrogen) atoms. The number of nitrogens with zero attached hydrogens (tertiary/aromatic N) is 2. The monoisotopic (exact) mass is 428 g/mol. The number of aliphatic hydroxyl groups excluding tert-OH is 1. The number of aliphatic hydroxyl groups is 1. The number of rotatable bonds is 4. The van der Waals surface area contributed by atoms with Gasteiger partial charge >= 0.3 is 0 Å². The highest BCUT2D eigenvalue weighted by molar-refractivity contribution is 6.00. The van der Waals surface area contributed by atoms with Gasteiger partial charge in [0.2, 0.25) is 0 Å². The van der Waals surface area contributed by atoms with Gasteiger partial charge in [0.25, 0.3) is 0 Å². The van der Waals surface area contributed by atoms with Gasteiger partial charge < -0.3 is 14.2 Å². The fourth-order valence-electron chi connectivity index (χ4n) is 4.74. The molecule has 0 amide bonds. The van der Waals surface area contributed by atoms with E-state index in [0.29, 0.717) is 17.7 Å². The average Bonchev–Trinajstić information content (AvgIpc) is 3.13. The van der Waals surface area contributed by atoms with Gasteiger partial charge in [-0.1, -0.05) is 30.3 Å². The minimum Gasteiger partial charge on any atom is -0.494 e.